The Morgan fingerprint density at radius 2 is 1.38 bits per heavy atom. The minimum Gasteiger partial charge on any atom is -0.455 e. The highest BCUT2D eigenvalue weighted by Crippen LogP contribution is 2.64. The van der Waals surface area contributed by atoms with Gasteiger partial charge in [0.2, 0.25) is 6.10 Å². The SMILES string of the molecule is CC(=O)O[C@H]1C(=O)[C@@]2(C)C([C@H](OC(=O)c3ccccc3)[C@]3(O)C[C@H](OC(=O)[C@H](OC(=O)CSc4ccccc4)[C@@H](NC(=O)c4ccccc4)c4ccccc4)C(C)=C1C3(C)C)[C@]1(OC(C)=O)CO[C@@H]1C[C@@H]2O. The van der Waals surface area contributed by atoms with Gasteiger partial charge in [-0.25, -0.2) is 9.59 Å². The van der Waals surface area contributed by atoms with Crippen LogP contribution in [-0.2, 0) is 52.4 Å². The molecule has 4 aromatic rings. The molecule has 16 nitrogen and oxygen atoms in total. The fraction of sp³-hybridized carbons (Fsp3) is 0.400. The number of fused-ring (bicyclic) bond motifs is 5. The fourth-order valence-corrected chi connectivity index (χ4v) is 11.8. The van der Waals surface area contributed by atoms with Gasteiger partial charge in [-0.05, 0) is 67.0 Å². The number of amides is 1. The zero-order valence-corrected chi connectivity index (χ0v) is 41.4. The first-order valence-electron chi connectivity index (χ1n) is 23.6. The molecule has 378 valence electrons. The van der Waals surface area contributed by atoms with Gasteiger partial charge in [0, 0.05) is 42.6 Å². The van der Waals surface area contributed by atoms with Crippen LogP contribution in [-0.4, -0.2) is 112 Å². The van der Waals surface area contributed by atoms with Gasteiger partial charge in [0.1, 0.15) is 30.0 Å². The molecular formula is C55H57NO15S. The van der Waals surface area contributed by atoms with Gasteiger partial charge in [-0.1, -0.05) is 98.8 Å². The van der Waals surface area contributed by atoms with E-state index in [-0.39, 0.29) is 41.1 Å². The largest absolute Gasteiger partial charge is 0.455 e. The summed E-state index contributed by atoms with van der Waals surface area (Å²) in [5.74, 6) is -8.04. The summed E-state index contributed by atoms with van der Waals surface area (Å²) in [6.07, 6.45) is -10.7. The number of Topliss-reactive ketones (excluding diaryl/α,β-unsaturated/α-hetero) is 1. The molecule has 1 amide bonds. The molecule has 2 bridgehead atoms. The third kappa shape index (κ3) is 9.46. The second-order valence-corrected chi connectivity index (χ2v) is 20.5. The molecule has 1 saturated heterocycles. The molecule has 1 unspecified atom stereocenters. The number of aliphatic hydroxyl groups is 2. The van der Waals surface area contributed by atoms with E-state index in [9.17, 15) is 34.2 Å². The standard InChI is InChI=1S/C55H57NO15S/c1-31-38(68-51(64)45(69-41(60)29-72-37-25-17-10-18-26-37)43(34-19-11-7-12-20-34)56-49(62)35-21-13-8-14-22-35)28-55(65)48(70-50(63)36-23-15-9-16-24-36)46-53(6,39(59)27-40-54(46,30-66-40)71-33(3)58)47(61)44(67-32(2)57)42(31)52(55,4)5/h7-26,38-40,43-46,48,59,65H,27-30H2,1-6H3,(H,56,62)/t38-,39-,40+,43-,44+,45+,46?,48-,53+,54-,55+/m0/s1. The average molecular weight is 1000 g/mol. The molecule has 3 aliphatic carbocycles. The lowest BCUT2D eigenvalue weighted by Crippen LogP contribution is -2.82. The number of carbonyl (C=O) groups excluding carboxylic acids is 7. The molecule has 17 heteroatoms. The highest BCUT2D eigenvalue weighted by atomic mass is 32.2. The molecule has 1 aliphatic heterocycles. The molecule has 0 aromatic heterocycles. The Labute approximate surface area is 420 Å². The van der Waals surface area contributed by atoms with Crippen LogP contribution in [0.3, 0.4) is 0 Å². The second-order valence-electron chi connectivity index (χ2n) is 19.4. The van der Waals surface area contributed by atoms with Crippen molar-refractivity contribution in [2.45, 2.75) is 113 Å². The minimum absolute atomic E-state index is 0.0276. The van der Waals surface area contributed by atoms with Crippen molar-refractivity contribution in [2.24, 2.45) is 16.7 Å². The van der Waals surface area contributed by atoms with E-state index in [4.69, 9.17) is 28.4 Å². The third-order valence-corrected chi connectivity index (χ3v) is 15.8. The third-order valence-electron chi connectivity index (χ3n) is 14.8. The van der Waals surface area contributed by atoms with Crippen LogP contribution in [0.5, 0.6) is 0 Å². The lowest BCUT2D eigenvalue weighted by Gasteiger charge is -2.67. The van der Waals surface area contributed by atoms with Gasteiger partial charge >= 0.3 is 29.8 Å². The van der Waals surface area contributed by atoms with Gasteiger partial charge in [-0.3, -0.25) is 24.0 Å². The lowest BCUT2D eigenvalue weighted by atomic mass is 9.44. The Morgan fingerprint density at radius 1 is 0.792 bits per heavy atom. The van der Waals surface area contributed by atoms with Crippen molar-refractivity contribution in [3.8, 4) is 0 Å². The number of carbonyl (C=O) groups is 7. The summed E-state index contributed by atoms with van der Waals surface area (Å²) in [5.41, 5.74) is -7.32. The number of benzene rings is 4. The second kappa shape index (κ2) is 20.5. The molecule has 11 atom stereocenters. The summed E-state index contributed by atoms with van der Waals surface area (Å²) in [6.45, 7) is 7.95. The Bertz CT molecular complexity index is 2750. The van der Waals surface area contributed by atoms with E-state index in [1.807, 2.05) is 6.07 Å². The van der Waals surface area contributed by atoms with Crippen molar-refractivity contribution in [2.75, 3.05) is 12.4 Å². The summed E-state index contributed by atoms with van der Waals surface area (Å²) in [7, 11) is 0. The highest BCUT2D eigenvalue weighted by Gasteiger charge is 2.78. The first-order valence-corrected chi connectivity index (χ1v) is 24.6. The summed E-state index contributed by atoms with van der Waals surface area (Å²) in [4.78, 5) is 101. The Kier molecular flexibility index (Phi) is 14.7. The molecule has 0 radical (unpaired) electrons. The molecule has 4 aliphatic rings. The van der Waals surface area contributed by atoms with Crippen LogP contribution >= 0.6 is 11.8 Å². The zero-order chi connectivity index (χ0) is 51.8. The van der Waals surface area contributed by atoms with E-state index >= 15 is 9.59 Å². The lowest BCUT2D eigenvalue weighted by molar-refractivity contribution is -0.346. The summed E-state index contributed by atoms with van der Waals surface area (Å²) < 4.78 is 37.0. The van der Waals surface area contributed by atoms with Gasteiger partial charge < -0.3 is 44.0 Å². The van der Waals surface area contributed by atoms with E-state index < -0.39 is 119 Å². The summed E-state index contributed by atoms with van der Waals surface area (Å²) >= 11 is 1.15. The molecule has 3 N–H and O–H groups in total. The van der Waals surface area contributed by atoms with Gasteiger partial charge in [0.05, 0.1) is 35.4 Å². The Morgan fingerprint density at radius 3 is 1.94 bits per heavy atom. The number of hydrogen-bond donors (Lipinski definition) is 3. The van der Waals surface area contributed by atoms with Crippen molar-refractivity contribution in [1.82, 2.24) is 5.32 Å². The molecule has 4 aromatic carbocycles. The van der Waals surface area contributed by atoms with Gasteiger partial charge in [-0.2, -0.15) is 0 Å². The molecule has 2 saturated carbocycles. The van der Waals surface area contributed by atoms with Gasteiger partial charge in [0.15, 0.2) is 17.5 Å². The van der Waals surface area contributed by atoms with Crippen LogP contribution in [0.2, 0.25) is 0 Å². The predicted molar refractivity (Wildman–Crippen MR) is 259 cm³/mol. The number of rotatable bonds is 14. The molecule has 3 fully saturated rings. The van der Waals surface area contributed by atoms with E-state index in [1.54, 1.807) is 117 Å². The van der Waals surface area contributed by atoms with Crippen LogP contribution in [0.1, 0.15) is 86.7 Å². The Hall–Kier alpha value is -6.66. The number of nitrogens with one attached hydrogen (secondary N) is 1. The van der Waals surface area contributed by atoms with Crippen molar-refractivity contribution < 1.29 is 72.2 Å². The predicted octanol–water partition coefficient (Wildman–Crippen LogP) is 6.08. The molecule has 72 heavy (non-hydrogen) atoms. The first-order chi connectivity index (χ1) is 34.2. The normalized spacial score (nSPS) is 28.9. The number of ether oxygens (including phenoxy) is 6. The van der Waals surface area contributed by atoms with Gasteiger partial charge in [-0.15, -0.1) is 11.8 Å². The molecular weight excluding hydrogens is 947 g/mol. The molecule has 0 spiro atoms. The smallest absolute Gasteiger partial charge is 0.350 e. The van der Waals surface area contributed by atoms with E-state index in [1.165, 1.54) is 26.0 Å². The summed E-state index contributed by atoms with van der Waals surface area (Å²) in [6, 6.07) is 32.0. The highest BCUT2D eigenvalue weighted by molar-refractivity contribution is 8.00. The maximum absolute atomic E-state index is 15.7. The van der Waals surface area contributed by atoms with Crippen LogP contribution in [0.4, 0.5) is 0 Å². The number of esters is 5. The van der Waals surface area contributed by atoms with Crippen molar-refractivity contribution in [3.05, 3.63) is 149 Å². The number of thioether (sulfide) groups is 1. The molecule has 1 heterocycles. The van der Waals surface area contributed by atoms with E-state index in [0.717, 1.165) is 30.5 Å². The van der Waals surface area contributed by atoms with Crippen molar-refractivity contribution >= 4 is 53.3 Å². The van der Waals surface area contributed by atoms with Crippen LogP contribution in [0.15, 0.2) is 137 Å². The minimum atomic E-state index is -2.45. The van der Waals surface area contributed by atoms with Crippen LogP contribution in [0, 0.1) is 16.7 Å². The first kappa shape index (κ1) is 51.7. The topological polar surface area (TPSA) is 227 Å². The molecule has 8 rings (SSSR count). The fourth-order valence-electron chi connectivity index (χ4n) is 11.1. The summed E-state index contributed by atoms with van der Waals surface area (Å²) in [5, 5.41) is 29.1. The Balaban J connectivity index is 1.29. The maximum Gasteiger partial charge on any atom is 0.350 e. The van der Waals surface area contributed by atoms with E-state index in [0.29, 0.717) is 5.56 Å². The van der Waals surface area contributed by atoms with Crippen LogP contribution < -0.4 is 5.32 Å². The average Bonchev–Trinajstić information content (AvgIpc) is 3.36. The van der Waals surface area contributed by atoms with Gasteiger partial charge in [0.25, 0.3) is 5.91 Å². The number of ketones is 1. The zero-order valence-electron chi connectivity index (χ0n) is 40.6. The maximum atomic E-state index is 15.7. The number of aliphatic hydroxyl groups excluding tert-OH is 1. The van der Waals surface area contributed by atoms with Crippen molar-refractivity contribution in [3.63, 3.8) is 0 Å². The van der Waals surface area contributed by atoms with Crippen molar-refractivity contribution in [1.29, 1.82) is 0 Å². The quantitative estimate of drug-likeness (QED) is 0.0563. The monoisotopic (exact) mass is 1000 g/mol. The van der Waals surface area contributed by atoms with E-state index in [2.05, 4.69) is 5.32 Å². The number of hydrogen-bond acceptors (Lipinski definition) is 16. The van der Waals surface area contributed by atoms with Crippen LogP contribution in [0.25, 0.3) is 0 Å².